The third kappa shape index (κ3) is 7.55. The molecule has 1 atom stereocenters. The summed E-state index contributed by atoms with van der Waals surface area (Å²) in [4.78, 5) is 29.6. The van der Waals surface area contributed by atoms with Crippen molar-refractivity contribution in [2.24, 2.45) is 0 Å². The number of nitrogens with zero attached hydrogens (tertiary/aromatic N) is 2. The molecule has 0 unspecified atom stereocenters. The van der Waals surface area contributed by atoms with Crippen LogP contribution in [0.15, 0.2) is 66.7 Å². The molecule has 43 heavy (non-hydrogen) atoms. The maximum absolute atomic E-state index is 14.3. The Hall–Kier alpha value is -3.47. The molecule has 2 amide bonds. The van der Waals surface area contributed by atoms with Crippen LogP contribution >= 0.6 is 23.2 Å². The third-order valence-corrected chi connectivity index (χ3v) is 9.53. The van der Waals surface area contributed by atoms with Gasteiger partial charge in [0.15, 0.2) is 11.5 Å². The van der Waals surface area contributed by atoms with Crippen LogP contribution in [-0.4, -0.2) is 56.8 Å². The first-order chi connectivity index (χ1) is 20.6. The quantitative estimate of drug-likeness (QED) is 0.308. The first kappa shape index (κ1) is 31.0. The number of benzene rings is 3. The summed E-state index contributed by atoms with van der Waals surface area (Å²) in [5.41, 5.74) is 1.53. The highest BCUT2D eigenvalue weighted by Crippen LogP contribution is 2.36. The van der Waals surface area contributed by atoms with Gasteiger partial charge in [-0.2, -0.15) is 0 Å². The van der Waals surface area contributed by atoms with Crippen molar-refractivity contribution in [1.82, 2.24) is 10.2 Å². The zero-order valence-corrected chi connectivity index (χ0v) is 26.0. The van der Waals surface area contributed by atoms with Crippen LogP contribution in [0.5, 0.6) is 11.5 Å². The first-order valence-corrected chi connectivity index (χ1v) is 16.6. The van der Waals surface area contributed by atoms with Gasteiger partial charge in [-0.1, -0.05) is 72.4 Å². The molecule has 0 saturated heterocycles. The second-order valence-corrected chi connectivity index (χ2v) is 13.4. The highest BCUT2D eigenvalue weighted by atomic mass is 35.5. The second kappa shape index (κ2) is 13.4. The Morgan fingerprint density at radius 3 is 2.30 bits per heavy atom. The van der Waals surface area contributed by atoms with Gasteiger partial charge in [0.1, 0.15) is 12.6 Å². The summed E-state index contributed by atoms with van der Waals surface area (Å²) in [5.74, 6) is -0.0657. The van der Waals surface area contributed by atoms with Crippen LogP contribution in [0, 0.1) is 0 Å². The molecule has 2 aliphatic rings. The molecule has 3 aromatic carbocycles. The number of carbonyl (C=O) groups excluding carboxylic acids is 2. The van der Waals surface area contributed by atoms with Crippen molar-refractivity contribution in [3.63, 3.8) is 0 Å². The second-order valence-electron chi connectivity index (χ2n) is 10.7. The monoisotopic (exact) mass is 645 g/mol. The predicted octanol–water partition coefficient (Wildman–Crippen LogP) is 5.19. The van der Waals surface area contributed by atoms with Gasteiger partial charge in [0, 0.05) is 40.7 Å². The van der Waals surface area contributed by atoms with Gasteiger partial charge in [-0.3, -0.25) is 13.9 Å². The molecule has 0 spiro atoms. The van der Waals surface area contributed by atoms with Crippen molar-refractivity contribution in [3.05, 3.63) is 87.9 Å². The van der Waals surface area contributed by atoms with Crippen molar-refractivity contribution < 1.29 is 27.5 Å². The first-order valence-electron chi connectivity index (χ1n) is 14.0. The highest BCUT2D eigenvalue weighted by Gasteiger charge is 2.35. The Kier molecular flexibility index (Phi) is 9.68. The van der Waals surface area contributed by atoms with Gasteiger partial charge in [0.25, 0.3) is 0 Å². The van der Waals surface area contributed by atoms with E-state index < -0.39 is 28.5 Å². The van der Waals surface area contributed by atoms with Crippen molar-refractivity contribution in [1.29, 1.82) is 0 Å². The number of fused-ring (bicyclic) bond motifs is 1. The summed E-state index contributed by atoms with van der Waals surface area (Å²) in [5, 5.41) is 3.79. The standard InChI is InChI=1S/C31H33Cl2N3O6S/c1-43(39,40)36(23-14-15-28-29(17-23)42-20-41-28)19-30(37)35(18-24-25(32)12-7-13-26(24)33)27(16-21-8-3-2-4-9-21)31(38)34-22-10-5-6-11-22/h2-4,7-9,12-15,17,22,27H,5-6,10-11,16,18-20H2,1H3,(H,34,38)/t27-/m1/s1. The SMILES string of the molecule is CS(=O)(=O)N(CC(=O)N(Cc1c(Cl)cccc1Cl)[C@H](Cc1ccccc1)C(=O)NC1CCCC1)c1ccc2c(c1)OCO2. The molecule has 5 rings (SSSR count). The summed E-state index contributed by atoms with van der Waals surface area (Å²) < 4.78 is 37.9. The van der Waals surface area contributed by atoms with Crippen LogP contribution in [0.3, 0.4) is 0 Å². The maximum atomic E-state index is 14.3. The van der Waals surface area contributed by atoms with E-state index in [1.807, 2.05) is 30.3 Å². The van der Waals surface area contributed by atoms with Crippen molar-refractivity contribution in [2.45, 2.75) is 50.7 Å². The number of anilines is 1. The minimum atomic E-state index is -3.94. The van der Waals surface area contributed by atoms with E-state index in [4.69, 9.17) is 32.7 Å². The summed E-state index contributed by atoms with van der Waals surface area (Å²) >= 11 is 13.1. The van der Waals surface area contributed by atoms with Crippen LogP contribution in [0.2, 0.25) is 10.0 Å². The largest absolute Gasteiger partial charge is 0.454 e. The molecule has 1 heterocycles. The molecule has 1 N–H and O–H groups in total. The van der Waals surface area contributed by atoms with E-state index >= 15 is 0 Å². The molecule has 0 aromatic heterocycles. The lowest BCUT2D eigenvalue weighted by Gasteiger charge is -2.34. The van der Waals surface area contributed by atoms with Gasteiger partial charge in [-0.15, -0.1) is 0 Å². The van der Waals surface area contributed by atoms with Gasteiger partial charge in [-0.25, -0.2) is 8.42 Å². The highest BCUT2D eigenvalue weighted by molar-refractivity contribution is 7.92. The fraction of sp³-hybridized carbons (Fsp3) is 0.355. The van der Waals surface area contributed by atoms with Crippen LogP contribution in [0.1, 0.15) is 36.8 Å². The lowest BCUT2D eigenvalue weighted by molar-refractivity contribution is -0.140. The smallest absolute Gasteiger partial charge is 0.244 e. The van der Waals surface area contributed by atoms with E-state index in [-0.39, 0.29) is 37.4 Å². The van der Waals surface area contributed by atoms with Crippen LogP contribution in [0.25, 0.3) is 0 Å². The fourth-order valence-corrected chi connectivity index (χ4v) is 6.79. The Bertz CT molecular complexity index is 1560. The molecular formula is C31H33Cl2N3O6S. The molecule has 1 aliphatic carbocycles. The third-order valence-electron chi connectivity index (χ3n) is 7.69. The van der Waals surface area contributed by atoms with Gasteiger partial charge < -0.3 is 19.7 Å². The Morgan fingerprint density at radius 2 is 1.63 bits per heavy atom. The van der Waals surface area contributed by atoms with Crippen molar-refractivity contribution in [3.8, 4) is 11.5 Å². The number of rotatable bonds is 11. The summed E-state index contributed by atoms with van der Waals surface area (Å²) in [6.07, 6.45) is 4.99. The molecule has 0 radical (unpaired) electrons. The van der Waals surface area contributed by atoms with Gasteiger partial charge >= 0.3 is 0 Å². The Morgan fingerprint density at radius 1 is 0.953 bits per heavy atom. The molecule has 1 aliphatic heterocycles. The normalized spacial score (nSPS) is 15.2. The van der Waals surface area contributed by atoms with Crippen molar-refractivity contribution in [2.75, 3.05) is 23.9 Å². The molecule has 12 heteroatoms. The lowest BCUT2D eigenvalue weighted by Crippen LogP contribution is -2.54. The summed E-state index contributed by atoms with van der Waals surface area (Å²) in [6, 6.07) is 18.1. The average Bonchev–Trinajstić information content (AvgIpc) is 3.66. The van der Waals surface area contributed by atoms with E-state index in [2.05, 4.69) is 5.32 Å². The number of sulfonamides is 1. The molecule has 9 nitrogen and oxygen atoms in total. The Balaban J connectivity index is 1.53. The zero-order chi connectivity index (χ0) is 30.6. The van der Waals surface area contributed by atoms with Crippen molar-refractivity contribution >= 4 is 50.7 Å². The predicted molar refractivity (Wildman–Crippen MR) is 166 cm³/mol. The molecule has 1 saturated carbocycles. The minimum absolute atomic E-state index is 0.00720. The number of halogens is 2. The lowest BCUT2D eigenvalue weighted by atomic mass is 10.0. The molecule has 0 bridgehead atoms. The van der Waals surface area contributed by atoms with E-state index in [0.29, 0.717) is 27.1 Å². The van der Waals surface area contributed by atoms with Gasteiger partial charge in [0.2, 0.25) is 28.6 Å². The van der Waals surface area contributed by atoms with Crippen LogP contribution in [-0.2, 0) is 32.6 Å². The fourth-order valence-electron chi connectivity index (χ4n) is 5.43. The minimum Gasteiger partial charge on any atom is -0.454 e. The number of ether oxygens (including phenoxy) is 2. The summed E-state index contributed by atoms with van der Waals surface area (Å²) in [6.45, 7) is -0.658. The summed E-state index contributed by atoms with van der Waals surface area (Å²) in [7, 11) is -3.94. The maximum Gasteiger partial charge on any atom is 0.244 e. The number of nitrogens with one attached hydrogen (secondary N) is 1. The molecule has 228 valence electrons. The topological polar surface area (TPSA) is 105 Å². The van der Waals surface area contributed by atoms with E-state index in [0.717, 1.165) is 41.8 Å². The average molecular weight is 647 g/mol. The van der Waals surface area contributed by atoms with E-state index in [1.165, 1.54) is 11.0 Å². The molecule has 1 fully saturated rings. The zero-order valence-electron chi connectivity index (χ0n) is 23.7. The molecule has 3 aromatic rings. The van der Waals surface area contributed by atoms with Gasteiger partial charge in [-0.05, 0) is 42.7 Å². The number of hydrogen-bond donors (Lipinski definition) is 1. The number of carbonyl (C=O) groups is 2. The van der Waals surface area contributed by atoms with E-state index in [9.17, 15) is 18.0 Å². The van der Waals surface area contributed by atoms with Gasteiger partial charge in [0.05, 0.1) is 11.9 Å². The molecular weight excluding hydrogens is 613 g/mol. The van der Waals surface area contributed by atoms with Crippen LogP contribution in [0.4, 0.5) is 5.69 Å². The van der Waals surface area contributed by atoms with E-state index in [1.54, 1.807) is 30.3 Å². The number of amides is 2. The number of hydrogen-bond acceptors (Lipinski definition) is 6. The Labute approximate surface area is 261 Å². The van der Waals surface area contributed by atoms with Crippen LogP contribution < -0.4 is 19.1 Å².